The van der Waals surface area contributed by atoms with Gasteiger partial charge in [-0.25, -0.2) is 0 Å². The highest BCUT2D eigenvalue weighted by Crippen LogP contribution is 2.21. The van der Waals surface area contributed by atoms with E-state index in [4.69, 9.17) is 0 Å². The van der Waals surface area contributed by atoms with Crippen molar-refractivity contribution >= 4 is 5.78 Å². The first kappa shape index (κ1) is 15.9. The highest BCUT2D eigenvalue weighted by Gasteiger charge is 2.15. The number of rotatable bonds is 6. The number of carbonyl (C=O) groups is 1. The third-order valence-corrected chi connectivity index (χ3v) is 3.83. The van der Waals surface area contributed by atoms with Crippen LogP contribution in [0.5, 0.6) is 0 Å². The lowest BCUT2D eigenvalue weighted by molar-refractivity contribution is 0.0989. The van der Waals surface area contributed by atoms with Crippen LogP contribution in [0.3, 0.4) is 0 Å². The second-order valence-corrected chi connectivity index (χ2v) is 5.92. The Morgan fingerprint density at radius 1 is 1.11 bits per heavy atom. The SMILES string of the molecule is Cc1cc(C)c(C)c(C(=O)CNCCC(C)C)c1C. The number of ketones is 1. The number of hydrogen-bond acceptors (Lipinski definition) is 2. The van der Waals surface area contributed by atoms with Gasteiger partial charge in [0.15, 0.2) is 5.78 Å². The van der Waals surface area contributed by atoms with E-state index in [0.29, 0.717) is 12.5 Å². The molecule has 0 aliphatic rings. The molecule has 0 radical (unpaired) electrons. The summed E-state index contributed by atoms with van der Waals surface area (Å²) in [6, 6.07) is 2.16. The fraction of sp³-hybridized carbons (Fsp3) is 0.588. The molecule has 0 heterocycles. The highest BCUT2D eigenvalue weighted by atomic mass is 16.1. The summed E-state index contributed by atoms with van der Waals surface area (Å²) in [5, 5.41) is 3.26. The van der Waals surface area contributed by atoms with Crippen LogP contribution in [0.15, 0.2) is 6.07 Å². The van der Waals surface area contributed by atoms with Gasteiger partial charge >= 0.3 is 0 Å². The van der Waals surface area contributed by atoms with Crippen LogP contribution in [0.25, 0.3) is 0 Å². The molecule has 1 rings (SSSR count). The van der Waals surface area contributed by atoms with Gasteiger partial charge in [-0.15, -0.1) is 0 Å². The molecule has 0 saturated carbocycles. The smallest absolute Gasteiger partial charge is 0.177 e. The number of benzene rings is 1. The quantitative estimate of drug-likeness (QED) is 0.624. The van der Waals surface area contributed by atoms with Crippen molar-refractivity contribution in [2.24, 2.45) is 5.92 Å². The molecule has 2 heteroatoms. The highest BCUT2D eigenvalue weighted by molar-refractivity contribution is 6.00. The molecule has 0 amide bonds. The summed E-state index contributed by atoms with van der Waals surface area (Å²) in [5.41, 5.74) is 5.56. The molecule has 0 spiro atoms. The summed E-state index contributed by atoms with van der Waals surface area (Å²) in [7, 11) is 0. The van der Waals surface area contributed by atoms with Crippen LogP contribution >= 0.6 is 0 Å². The fourth-order valence-corrected chi connectivity index (χ4v) is 2.32. The third kappa shape index (κ3) is 4.17. The zero-order valence-corrected chi connectivity index (χ0v) is 13.2. The van der Waals surface area contributed by atoms with Gasteiger partial charge in [0.05, 0.1) is 6.54 Å². The Morgan fingerprint density at radius 3 is 2.11 bits per heavy atom. The van der Waals surface area contributed by atoms with Crippen molar-refractivity contribution in [2.75, 3.05) is 13.1 Å². The largest absolute Gasteiger partial charge is 0.310 e. The Morgan fingerprint density at radius 2 is 1.63 bits per heavy atom. The van der Waals surface area contributed by atoms with Crippen LogP contribution in [-0.4, -0.2) is 18.9 Å². The number of aryl methyl sites for hydroxylation is 2. The maximum Gasteiger partial charge on any atom is 0.177 e. The molecule has 1 aromatic carbocycles. The van der Waals surface area contributed by atoms with Crippen molar-refractivity contribution in [3.8, 4) is 0 Å². The molecule has 0 aromatic heterocycles. The Bertz CT molecular complexity index is 435. The lowest BCUT2D eigenvalue weighted by Crippen LogP contribution is -2.26. The van der Waals surface area contributed by atoms with Crippen molar-refractivity contribution in [3.05, 3.63) is 33.9 Å². The van der Waals surface area contributed by atoms with Crippen LogP contribution in [0.2, 0.25) is 0 Å². The lowest BCUT2D eigenvalue weighted by atomic mass is 9.91. The van der Waals surface area contributed by atoms with Crippen LogP contribution < -0.4 is 5.32 Å². The molecule has 2 nitrogen and oxygen atoms in total. The first-order valence-electron chi connectivity index (χ1n) is 7.16. The molecule has 0 saturated heterocycles. The topological polar surface area (TPSA) is 29.1 Å². The van der Waals surface area contributed by atoms with E-state index >= 15 is 0 Å². The van der Waals surface area contributed by atoms with Gasteiger partial charge in [0, 0.05) is 5.56 Å². The maximum atomic E-state index is 12.4. The molecular weight excluding hydrogens is 234 g/mol. The van der Waals surface area contributed by atoms with Gasteiger partial charge < -0.3 is 5.32 Å². The zero-order valence-electron chi connectivity index (χ0n) is 13.2. The summed E-state index contributed by atoms with van der Waals surface area (Å²) in [4.78, 5) is 12.4. The van der Waals surface area contributed by atoms with Crippen molar-refractivity contribution < 1.29 is 4.79 Å². The van der Waals surface area contributed by atoms with Crippen LogP contribution in [0, 0.1) is 33.6 Å². The molecule has 106 valence electrons. The standard InChI is InChI=1S/C17H27NO/c1-11(2)7-8-18-10-16(19)17-14(5)12(3)9-13(4)15(17)6/h9,11,18H,7-8,10H2,1-6H3. The van der Waals surface area contributed by atoms with Gasteiger partial charge in [0.2, 0.25) is 0 Å². The minimum absolute atomic E-state index is 0.213. The van der Waals surface area contributed by atoms with E-state index in [1.807, 2.05) is 13.8 Å². The van der Waals surface area contributed by atoms with Crippen LogP contribution in [0.1, 0.15) is 52.9 Å². The van der Waals surface area contributed by atoms with E-state index in [1.165, 1.54) is 11.1 Å². The molecule has 0 aliphatic heterocycles. The predicted octanol–water partition coefficient (Wildman–Crippen LogP) is 3.74. The van der Waals surface area contributed by atoms with Gasteiger partial charge in [-0.2, -0.15) is 0 Å². The second-order valence-electron chi connectivity index (χ2n) is 5.92. The molecule has 1 aromatic rings. The third-order valence-electron chi connectivity index (χ3n) is 3.83. The lowest BCUT2D eigenvalue weighted by Gasteiger charge is -2.15. The van der Waals surface area contributed by atoms with E-state index in [0.717, 1.165) is 29.7 Å². The Hall–Kier alpha value is -1.15. The molecule has 19 heavy (non-hydrogen) atoms. The number of Topliss-reactive ketones (excluding diaryl/α,β-unsaturated/α-hetero) is 1. The number of carbonyl (C=O) groups excluding carboxylic acids is 1. The normalized spacial score (nSPS) is 11.1. The summed E-state index contributed by atoms with van der Waals surface area (Å²) < 4.78 is 0. The fourth-order valence-electron chi connectivity index (χ4n) is 2.32. The molecule has 0 atom stereocenters. The van der Waals surface area contributed by atoms with Gasteiger partial charge in [-0.05, 0) is 68.8 Å². The molecule has 0 fully saturated rings. The van der Waals surface area contributed by atoms with Gasteiger partial charge in [0.25, 0.3) is 0 Å². The van der Waals surface area contributed by atoms with Crippen molar-refractivity contribution in [2.45, 2.75) is 48.0 Å². The first-order valence-corrected chi connectivity index (χ1v) is 7.16. The summed E-state index contributed by atoms with van der Waals surface area (Å²) in [6.07, 6.45) is 1.11. The summed E-state index contributed by atoms with van der Waals surface area (Å²) in [6.45, 7) is 14.0. The maximum absolute atomic E-state index is 12.4. The Kier molecular flexibility index (Phi) is 5.74. The second kappa shape index (κ2) is 6.85. The average Bonchev–Trinajstić information content (AvgIpc) is 2.32. The van der Waals surface area contributed by atoms with Crippen molar-refractivity contribution in [3.63, 3.8) is 0 Å². The van der Waals surface area contributed by atoms with Crippen LogP contribution in [0.4, 0.5) is 0 Å². The number of hydrogen-bond donors (Lipinski definition) is 1. The van der Waals surface area contributed by atoms with Crippen molar-refractivity contribution in [1.82, 2.24) is 5.32 Å². The number of nitrogens with one attached hydrogen (secondary N) is 1. The van der Waals surface area contributed by atoms with E-state index in [9.17, 15) is 4.79 Å². The predicted molar refractivity (Wildman–Crippen MR) is 82.0 cm³/mol. The Balaban J connectivity index is 2.77. The van der Waals surface area contributed by atoms with Gasteiger partial charge in [-0.3, -0.25) is 4.79 Å². The monoisotopic (exact) mass is 261 g/mol. The Labute approximate surface area is 117 Å². The van der Waals surface area contributed by atoms with E-state index in [1.54, 1.807) is 0 Å². The van der Waals surface area contributed by atoms with E-state index < -0.39 is 0 Å². The van der Waals surface area contributed by atoms with E-state index in [-0.39, 0.29) is 5.78 Å². The van der Waals surface area contributed by atoms with Gasteiger partial charge in [-0.1, -0.05) is 19.9 Å². The molecule has 0 unspecified atom stereocenters. The van der Waals surface area contributed by atoms with Crippen molar-refractivity contribution in [1.29, 1.82) is 0 Å². The molecule has 0 aliphatic carbocycles. The minimum Gasteiger partial charge on any atom is -0.310 e. The minimum atomic E-state index is 0.213. The molecule has 1 N–H and O–H groups in total. The molecular formula is C17H27NO. The average molecular weight is 261 g/mol. The van der Waals surface area contributed by atoms with E-state index in [2.05, 4.69) is 39.1 Å². The van der Waals surface area contributed by atoms with Crippen LogP contribution in [-0.2, 0) is 0 Å². The summed E-state index contributed by atoms with van der Waals surface area (Å²) >= 11 is 0. The zero-order chi connectivity index (χ0) is 14.6. The summed E-state index contributed by atoms with van der Waals surface area (Å²) in [5.74, 6) is 0.887. The molecule has 0 bridgehead atoms. The first-order chi connectivity index (χ1) is 8.84. The van der Waals surface area contributed by atoms with Gasteiger partial charge in [0.1, 0.15) is 0 Å².